The summed E-state index contributed by atoms with van der Waals surface area (Å²) in [5.41, 5.74) is 2.16. The second kappa shape index (κ2) is 7.94. The first-order valence-electron chi connectivity index (χ1n) is 8.14. The summed E-state index contributed by atoms with van der Waals surface area (Å²) in [5.74, 6) is 1.42. The number of thiocarbonyl (C=S) groups is 1. The molecule has 0 fully saturated rings. The number of furan rings is 1. The van der Waals surface area contributed by atoms with Crippen LogP contribution >= 0.6 is 12.2 Å². The van der Waals surface area contributed by atoms with E-state index in [2.05, 4.69) is 29.4 Å². The lowest BCUT2D eigenvalue weighted by Gasteiger charge is -2.23. The van der Waals surface area contributed by atoms with Crippen molar-refractivity contribution < 1.29 is 8.83 Å². The van der Waals surface area contributed by atoms with Crippen molar-refractivity contribution >= 4 is 23.0 Å². The zero-order valence-corrected chi connectivity index (χ0v) is 15.0. The molecule has 1 N–H and O–H groups in total. The first-order valence-corrected chi connectivity index (χ1v) is 8.55. The molecule has 0 aliphatic carbocycles. The van der Waals surface area contributed by atoms with E-state index >= 15 is 0 Å². The van der Waals surface area contributed by atoms with E-state index < -0.39 is 0 Å². The number of nitrogens with zero attached hydrogens (tertiary/aromatic N) is 3. The van der Waals surface area contributed by atoms with Gasteiger partial charge in [0.2, 0.25) is 5.89 Å². The molecule has 130 valence electrons. The molecule has 2 aromatic heterocycles. The molecule has 0 atom stereocenters. The zero-order valence-electron chi connectivity index (χ0n) is 14.2. The van der Waals surface area contributed by atoms with E-state index in [-0.39, 0.29) is 0 Å². The molecule has 0 unspecified atom stereocenters. The first kappa shape index (κ1) is 17.2. The van der Waals surface area contributed by atoms with Crippen molar-refractivity contribution in [2.45, 2.75) is 26.8 Å². The molecule has 3 aromatic rings. The number of anilines is 1. The molecule has 0 amide bonds. The molecule has 0 radical (unpaired) electrons. The average Bonchev–Trinajstić information content (AvgIpc) is 3.27. The monoisotopic (exact) mass is 356 g/mol. The largest absolute Gasteiger partial charge is 0.459 e. The van der Waals surface area contributed by atoms with Crippen LogP contribution in [0.3, 0.4) is 0 Å². The predicted octanol–water partition coefficient (Wildman–Crippen LogP) is 4.25. The summed E-state index contributed by atoms with van der Waals surface area (Å²) < 4.78 is 10.9. The van der Waals surface area contributed by atoms with E-state index in [4.69, 9.17) is 21.1 Å². The zero-order chi connectivity index (χ0) is 17.6. The Balaban J connectivity index is 1.68. The number of hydrogen-bond acceptors (Lipinski definition) is 5. The lowest BCUT2D eigenvalue weighted by atomic mass is 10.2. The van der Waals surface area contributed by atoms with Gasteiger partial charge in [-0.05, 0) is 49.8 Å². The summed E-state index contributed by atoms with van der Waals surface area (Å²) >= 11 is 5.55. The number of nitrogens with one attached hydrogen (secondary N) is 1. The predicted molar refractivity (Wildman–Crippen MR) is 100 cm³/mol. The van der Waals surface area contributed by atoms with Crippen LogP contribution in [0.4, 0.5) is 5.69 Å². The highest BCUT2D eigenvalue weighted by Gasteiger charge is 2.16. The molecule has 3 rings (SSSR count). The van der Waals surface area contributed by atoms with E-state index in [1.807, 2.05) is 29.2 Å². The van der Waals surface area contributed by atoms with Crippen LogP contribution in [0, 0.1) is 6.92 Å². The van der Waals surface area contributed by atoms with Crippen molar-refractivity contribution in [2.75, 3.05) is 11.9 Å². The van der Waals surface area contributed by atoms with Crippen LogP contribution in [0.25, 0.3) is 11.7 Å². The summed E-state index contributed by atoms with van der Waals surface area (Å²) in [4.78, 5) is 2.01. The van der Waals surface area contributed by atoms with Gasteiger partial charge in [-0.15, -0.1) is 10.2 Å². The van der Waals surface area contributed by atoms with Crippen molar-refractivity contribution in [3.05, 3.63) is 54.1 Å². The van der Waals surface area contributed by atoms with Gasteiger partial charge in [0.05, 0.1) is 12.8 Å². The minimum Gasteiger partial charge on any atom is -0.459 e. The normalized spacial score (nSPS) is 10.6. The van der Waals surface area contributed by atoms with Crippen LogP contribution in [-0.2, 0) is 6.54 Å². The van der Waals surface area contributed by atoms with Crippen molar-refractivity contribution in [3.63, 3.8) is 0 Å². The smallest absolute Gasteiger partial charge is 0.283 e. The fraction of sp³-hybridized carbons (Fsp3) is 0.278. The third kappa shape index (κ3) is 4.45. The topological polar surface area (TPSA) is 67.3 Å². The van der Waals surface area contributed by atoms with Crippen molar-refractivity contribution in [2.24, 2.45) is 0 Å². The van der Waals surface area contributed by atoms with Gasteiger partial charge in [0.1, 0.15) is 0 Å². The average molecular weight is 356 g/mol. The molecule has 6 nitrogen and oxygen atoms in total. The highest BCUT2D eigenvalue weighted by molar-refractivity contribution is 7.80. The van der Waals surface area contributed by atoms with Gasteiger partial charge >= 0.3 is 0 Å². The fourth-order valence-corrected chi connectivity index (χ4v) is 2.62. The van der Waals surface area contributed by atoms with Crippen LogP contribution in [0.2, 0.25) is 0 Å². The quantitative estimate of drug-likeness (QED) is 0.662. The number of hydrogen-bond donors (Lipinski definition) is 1. The summed E-state index contributed by atoms with van der Waals surface area (Å²) in [5, 5.41) is 12.0. The maximum Gasteiger partial charge on any atom is 0.283 e. The van der Waals surface area contributed by atoms with Crippen LogP contribution < -0.4 is 5.32 Å². The van der Waals surface area contributed by atoms with E-state index in [0.717, 1.165) is 18.7 Å². The number of benzene rings is 1. The Hall–Kier alpha value is -2.67. The van der Waals surface area contributed by atoms with Gasteiger partial charge in [-0.1, -0.05) is 24.6 Å². The summed E-state index contributed by atoms with van der Waals surface area (Å²) in [7, 11) is 0. The molecular weight excluding hydrogens is 336 g/mol. The van der Waals surface area contributed by atoms with Gasteiger partial charge in [0.15, 0.2) is 10.9 Å². The lowest BCUT2D eigenvalue weighted by molar-refractivity contribution is 0.357. The molecule has 0 saturated carbocycles. The Morgan fingerprint density at radius 1 is 1.20 bits per heavy atom. The van der Waals surface area contributed by atoms with Crippen molar-refractivity contribution in [1.29, 1.82) is 0 Å². The first-order chi connectivity index (χ1) is 12.2. The standard InChI is InChI=1S/C18H20N4O2S/c1-3-10-22(18(25)19-14-8-6-13(2)7-9-14)12-16-20-21-17(24-16)15-5-4-11-23-15/h4-9,11H,3,10,12H2,1-2H3,(H,19,25). The molecular formula is C18H20N4O2S. The minimum absolute atomic E-state index is 0.369. The molecule has 0 saturated heterocycles. The Bertz CT molecular complexity index is 812. The summed E-state index contributed by atoms with van der Waals surface area (Å²) in [6, 6.07) is 11.7. The third-order valence-electron chi connectivity index (χ3n) is 3.61. The Morgan fingerprint density at radius 2 is 2.00 bits per heavy atom. The van der Waals surface area contributed by atoms with E-state index in [1.54, 1.807) is 18.4 Å². The van der Waals surface area contributed by atoms with E-state index in [9.17, 15) is 0 Å². The maximum absolute atomic E-state index is 5.68. The molecule has 0 aliphatic heterocycles. The summed E-state index contributed by atoms with van der Waals surface area (Å²) in [6.45, 7) is 5.39. The number of aryl methyl sites for hydroxylation is 1. The van der Waals surface area contributed by atoms with Gasteiger partial charge in [0.25, 0.3) is 5.89 Å². The molecule has 7 heteroatoms. The van der Waals surface area contributed by atoms with Gasteiger partial charge in [0, 0.05) is 12.2 Å². The second-order valence-electron chi connectivity index (χ2n) is 5.70. The Labute approximate surface area is 151 Å². The van der Waals surface area contributed by atoms with Crippen LogP contribution in [0.1, 0.15) is 24.8 Å². The third-order valence-corrected chi connectivity index (χ3v) is 3.97. The van der Waals surface area contributed by atoms with Crippen LogP contribution in [0.5, 0.6) is 0 Å². The molecule has 25 heavy (non-hydrogen) atoms. The van der Waals surface area contributed by atoms with E-state index in [1.165, 1.54) is 5.56 Å². The fourth-order valence-electron chi connectivity index (χ4n) is 2.34. The second-order valence-corrected chi connectivity index (χ2v) is 6.08. The minimum atomic E-state index is 0.369. The molecule has 2 heterocycles. The van der Waals surface area contributed by atoms with E-state index in [0.29, 0.717) is 29.2 Å². The number of rotatable bonds is 6. The van der Waals surface area contributed by atoms with Crippen molar-refractivity contribution in [1.82, 2.24) is 15.1 Å². The SMILES string of the molecule is CCCN(Cc1nnc(-c2ccco2)o1)C(=S)Nc1ccc(C)cc1. The van der Waals surface area contributed by atoms with Crippen LogP contribution in [-0.4, -0.2) is 26.8 Å². The highest BCUT2D eigenvalue weighted by atomic mass is 32.1. The van der Waals surface area contributed by atoms with Gasteiger partial charge in [-0.2, -0.15) is 0 Å². The highest BCUT2D eigenvalue weighted by Crippen LogP contribution is 2.19. The van der Waals surface area contributed by atoms with Crippen LogP contribution in [0.15, 0.2) is 51.5 Å². The molecule has 0 aliphatic rings. The van der Waals surface area contributed by atoms with Gasteiger partial charge in [-0.3, -0.25) is 0 Å². The molecule has 1 aromatic carbocycles. The Kier molecular flexibility index (Phi) is 5.45. The summed E-state index contributed by atoms with van der Waals surface area (Å²) in [6.07, 6.45) is 2.53. The Morgan fingerprint density at radius 3 is 2.68 bits per heavy atom. The lowest BCUT2D eigenvalue weighted by Crippen LogP contribution is -2.35. The molecule has 0 bridgehead atoms. The molecule has 0 spiro atoms. The maximum atomic E-state index is 5.68. The number of aromatic nitrogens is 2. The van der Waals surface area contributed by atoms with Gasteiger partial charge < -0.3 is 19.1 Å². The van der Waals surface area contributed by atoms with Gasteiger partial charge in [-0.25, -0.2) is 0 Å². The van der Waals surface area contributed by atoms with Crippen molar-refractivity contribution in [3.8, 4) is 11.7 Å².